The minimum Gasteiger partial charge on any atom is -0.483 e. The molecule has 0 fully saturated rings. The lowest BCUT2D eigenvalue weighted by Gasteiger charge is -2.26. The average molecular weight is 390 g/mol. The number of nitrogens with zero attached hydrogens (tertiary/aromatic N) is 2. The standard InChI is InChI=1S/C23H26N4O2/c1-2-18-10-6-7-11-21(18)29-16-22(28)24-23-19-12-13-27(15-20(19)25-26-23)14-17-8-4-3-5-9-17/h3-11H,2,12-16H2,1H3,(H2,24,25,26,28). The molecule has 2 aromatic carbocycles. The molecular formula is C23H26N4O2. The highest BCUT2D eigenvalue weighted by atomic mass is 16.5. The number of para-hydroxylation sites is 1. The number of aryl methyl sites for hydroxylation is 1. The van der Waals surface area contributed by atoms with Gasteiger partial charge in [0.2, 0.25) is 0 Å². The van der Waals surface area contributed by atoms with Crippen molar-refractivity contribution in [2.75, 3.05) is 18.5 Å². The molecule has 1 aromatic heterocycles. The zero-order valence-corrected chi connectivity index (χ0v) is 16.6. The van der Waals surface area contributed by atoms with Crippen LogP contribution in [0.15, 0.2) is 54.6 Å². The first-order chi connectivity index (χ1) is 14.2. The molecule has 3 aromatic rings. The summed E-state index contributed by atoms with van der Waals surface area (Å²) in [5.41, 5.74) is 4.56. The maximum Gasteiger partial charge on any atom is 0.263 e. The Morgan fingerprint density at radius 1 is 1.17 bits per heavy atom. The quantitative estimate of drug-likeness (QED) is 0.647. The van der Waals surface area contributed by atoms with Gasteiger partial charge in [0, 0.05) is 25.2 Å². The summed E-state index contributed by atoms with van der Waals surface area (Å²) in [5.74, 6) is 1.18. The van der Waals surface area contributed by atoms with E-state index in [1.54, 1.807) is 0 Å². The Morgan fingerprint density at radius 3 is 2.79 bits per heavy atom. The summed E-state index contributed by atoms with van der Waals surface area (Å²) < 4.78 is 5.71. The number of benzene rings is 2. The first kappa shape index (κ1) is 19.2. The first-order valence-electron chi connectivity index (χ1n) is 10.1. The van der Waals surface area contributed by atoms with Crippen LogP contribution in [0.25, 0.3) is 0 Å². The topological polar surface area (TPSA) is 70.2 Å². The van der Waals surface area contributed by atoms with Gasteiger partial charge in [-0.15, -0.1) is 0 Å². The Hall–Kier alpha value is -3.12. The SMILES string of the molecule is CCc1ccccc1OCC(=O)Nc1n[nH]c2c1CCN(Cc1ccccc1)C2. The molecule has 0 unspecified atom stereocenters. The fraction of sp³-hybridized carbons (Fsp3) is 0.304. The Bertz CT molecular complexity index is 968. The van der Waals surface area contributed by atoms with Crippen LogP contribution in [0.2, 0.25) is 0 Å². The maximum absolute atomic E-state index is 12.4. The summed E-state index contributed by atoms with van der Waals surface area (Å²) in [6.45, 7) is 4.68. The number of carbonyl (C=O) groups is 1. The fourth-order valence-electron chi connectivity index (χ4n) is 3.70. The van der Waals surface area contributed by atoms with Crippen molar-refractivity contribution in [2.24, 2.45) is 0 Å². The van der Waals surface area contributed by atoms with Crippen LogP contribution in [0.1, 0.15) is 29.3 Å². The van der Waals surface area contributed by atoms with E-state index < -0.39 is 0 Å². The van der Waals surface area contributed by atoms with Crippen molar-refractivity contribution < 1.29 is 9.53 Å². The van der Waals surface area contributed by atoms with Crippen LogP contribution in [0, 0.1) is 0 Å². The van der Waals surface area contributed by atoms with Crippen LogP contribution in [0.4, 0.5) is 5.82 Å². The van der Waals surface area contributed by atoms with Gasteiger partial charge in [0.15, 0.2) is 12.4 Å². The van der Waals surface area contributed by atoms with E-state index in [4.69, 9.17) is 4.74 Å². The van der Waals surface area contributed by atoms with E-state index in [9.17, 15) is 4.79 Å². The van der Waals surface area contributed by atoms with Gasteiger partial charge in [0.05, 0.1) is 5.69 Å². The molecule has 6 nitrogen and oxygen atoms in total. The van der Waals surface area contributed by atoms with Crippen LogP contribution in [0.3, 0.4) is 0 Å². The van der Waals surface area contributed by atoms with Crippen molar-refractivity contribution >= 4 is 11.7 Å². The zero-order valence-electron chi connectivity index (χ0n) is 16.6. The number of nitrogens with one attached hydrogen (secondary N) is 2. The summed E-state index contributed by atoms with van der Waals surface area (Å²) in [4.78, 5) is 14.8. The van der Waals surface area contributed by atoms with Gasteiger partial charge in [-0.1, -0.05) is 55.5 Å². The van der Waals surface area contributed by atoms with Crippen molar-refractivity contribution in [3.63, 3.8) is 0 Å². The number of fused-ring (bicyclic) bond motifs is 1. The average Bonchev–Trinajstić information content (AvgIpc) is 3.15. The Morgan fingerprint density at radius 2 is 1.97 bits per heavy atom. The zero-order chi connectivity index (χ0) is 20.1. The third-order valence-corrected chi connectivity index (χ3v) is 5.23. The summed E-state index contributed by atoms with van der Waals surface area (Å²) in [6.07, 6.45) is 1.72. The van der Waals surface area contributed by atoms with Crippen molar-refractivity contribution in [3.05, 3.63) is 77.0 Å². The highest BCUT2D eigenvalue weighted by Gasteiger charge is 2.23. The molecule has 2 N–H and O–H groups in total. The van der Waals surface area contributed by atoms with Gasteiger partial charge in [-0.05, 0) is 30.0 Å². The van der Waals surface area contributed by atoms with Gasteiger partial charge in [-0.3, -0.25) is 14.8 Å². The van der Waals surface area contributed by atoms with E-state index in [1.807, 2.05) is 30.3 Å². The molecule has 0 saturated carbocycles. The van der Waals surface area contributed by atoms with Crippen molar-refractivity contribution in [1.82, 2.24) is 15.1 Å². The Labute approximate surface area is 170 Å². The first-order valence-corrected chi connectivity index (χ1v) is 10.1. The van der Waals surface area contributed by atoms with Crippen LogP contribution in [0.5, 0.6) is 5.75 Å². The number of H-pyrrole nitrogens is 1. The molecular weight excluding hydrogens is 364 g/mol. The van der Waals surface area contributed by atoms with E-state index in [1.165, 1.54) is 5.56 Å². The molecule has 0 spiro atoms. The lowest BCUT2D eigenvalue weighted by molar-refractivity contribution is -0.118. The predicted octanol–water partition coefficient (Wildman–Crippen LogP) is 3.55. The number of aromatic nitrogens is 2. The van der Waals surface area contributed by atoms with E-state index in [0.717, 1.165) is 55.0 Å². The molecule has 150 valence electrons. The molecule has 0 bridgehead atoms. The minimum absolute atomic E-state index is 0.0290. The van der Waals surface area contributed by atoms with E-state index in [2.05, 4.69) is 51.6 Å². The second-order valence-electron chi connectivity index (χ2n) is 7.27. The second-order valence-corrected chi connectivity index (χ2v) is 7.27. The number of aromatic amines is 1. The highest BCUT2D eigenvalue weighted by molar-refractivity contribution is 5.91. The van der Waals surface area contributed by atoms with Gasteiger partial charge < -0.3 is 10.1 Å². The van der Waals surface area contributed by atoms with Gasteiger partial charge in [-0.25, -0.2) is 0 Å². The third-order valence-electron chi connectivity index (χ3n) is 5.23. The number of ether oxygens (including phenoxy) is 1. The summed E-state index contributed by atoms with van der Waals surface area (Å²) in [7, 11) is 0. The molecule has 0 aliphatic carbocycles. The van der Waals surface area contributed by atoms with Crippen LogP contribution in [-0.4, -0.2) is 34.2 Å². The predicted molar refractivity (Wildman–Crippen MR) is 113 cm³/mol. The molecule has 1 amide bonds. The number of amides is 1. The van der Waals surface area contributed by atoms with Crippen LogP contribution < -0.4 is 10.1 Å². The van der Waals surface area contributed by atoms with Gasteiger partial charge in [0.25, 0.3) is 5.91 Å². The number of hydrogen-bond donors (Lipinski definition) is 2. The van der Waals surface area contributed by atoms with E-state index >= 15 is 0 Å². The molecule has 0 atom stereocenters. The Kier molecular flexibility index (Phi) is 5.91. The highest BCUT2D eigenvalue weighted by Crippen LogP contribution is 2.25. The van der Waals surface area contributed by atoms with Gasteiger partial charge in [0.1, 0.15) is 5.75 Å². The molecule has 2 heterocycles. The largest absolute Gasteiger partial charge is 0.483 e. The van der Waals surface area contributed by atoms with Gasteiger partial charge in [-0.2, -0.15) is 5.10 Å². The molecule has 29 heavy (non-hydrogen) atoms. The number of anilines is 1. The van der Waals surface area contributed by atoms with E-state index in [0.29, 0.717) is 5.82 Å². The molecule has 1 aliphatic rings. The maximum atomic E-state index is 12.4. The summed E-state index contributed by atoms with van der Waals surface area (Å²) in [6, 6.07) is 18.2. The molecule has 0 radical (unpaired) electrons. The van der Waals surface area contributed by atoms with Crippen LogP contribution in [-0.2, 0) is 30.7 Å². The summed E-state index contributed by atoms with van der Waals surface area (Å²) >= 11 is 0. The smallest absolute Gasteiger partial charge is 0.263 e. The molecule has 0 saturated heterocycles. The molecule has 4 rings (SSSR count). The van der Waals surface area contributed by atoms with Crippen molar-refractivity contribution in [2.45, 2.75) is 32.9 Å². The molecule has 6 heteroatoms. The van der Waals surface area contributed by atoms with Gasteiger partial charge >= 0.3 is 0 Å². The number of rotatable bonds is 7. The third kappa shape index (κ3) is 4.66. The number of carbonyl (C=O) groups excluding carboxylic acids is 1. The Balaban J connectivity index is 1.34. The second kappa shape index (κ2) is 8.92. The van der Waals surface area contributed by atoms with Crippen molar-refractivity contribution in [1.29, 1.82) is 0 Å². The lowest BCUT2D eigenvalue weighted by atomic mass is 10.1. The normalized spacial score (nSPS) is 13.7. The minimum atomic E-state index is -0.197. The fourth-order valence-corrected chi connectivity index (χ4v) is 3.70. The van der Waals surface area contributed by atoms with E-state index in [-0.39, 0.29) is 12.5 Å². The molecule has 1 aliphatic heterocycles. The monoisotopic (exact) mass is 390 g/mol. The van der Waals surface area contributed by atoms with Crippen LogP contribution >= 0.6 is 0 Å². The summed E-state index contributed by atoms with van der Waals surface area (Å²) in [5, 5.41) is 10.3. The number of hydrogen-bond acceptors (Lipinski definition) is 4. The van der Waals surface area contributed by atoms with Crippen molar-refractivity contribution in [3.8, 4) is 5.75 Å². The lowest BCUT2D eigenvalue weighted by Crippen LogP contribution is -2.30.